The molecule has 27 heavy (non-hydrogen) atoms. The second kappa shape index (κ2) is 7.13. The smallest absolute Gasteiger partial charge is 0.317 e. The van der Waals surface area contributed by atoms with Gasteiger partial charge in [0.2, 0.25) is 0 Å². The maximum absolute atomic E-state index is 12.6. The topological polar surface area (TPSA) is 51.4 Å². The van der Waals surface area contributed by atoms with Crippen LogP contribution in [0.2, 0.25) is 0 Å². The first-order valence-electron chi connectivity index (χ1n) is 9.99. The van der Waals surface area contributed by atoms with Crippen molar-refractivity contribution < 1.29 is 4.79 Å². The number of carbonyl (C=O) groups excluding carboxylic acids is 1. The molecule has 0 spiro atoms. The maximum Gasteiger partial charge on any atom is 0.317 e. The zero-order chi connectivity index (χ0) is 19.3. The largest absolute Gasteiger partial charge is 0.349 e. The minimum Gasteiger partial charge on any atom is -0.349 e. The van der Waals surface area contributed by atoms with Gasteiger partial charge in [0.05, 0.1) is 4.60 Å². The molecule has 2 aliphatic rings. The van der Waals surface area contributed by atoms with E-state index in [1.165, 1.54) is 27.6 Å². The van der Waals surface area contributed by atoms with Crippen molar-refractivity contribution in [3.63, 3.8) is 0 Å². The molecule has 1 aliphatic heterocycles. The highest BCUT2D eigenvalue weighted by Gasteiger charge is 2.40. The third kappa shape index (κ3) is 3.17. The number of H-pyrrole nitrogens is 1. The monoisotopic (exact) mass is 432 g/mol. The second-order valence-electron chi connectivity index (χ2n) is 8.07. The van der Waals surface area contributed by atoms with Crippen LogP contribution in [0, 0.1) is 6.92 Å². The van der Waals surface area contributed by atoms with Gasteiger partial charge < -0.3 is 20.1 Å². The molecular formula is C21H29BrN4O. The standard InChI is InChI=1S/C21H29BrN4O/c1-5-26(6-2)21(27)23-13-9-14-15-7-12(3)8-17-19(15)16(20(22)24-17)10-18(14)25(4)11-13/h7-8,13-14,18,24H,5-6,9-11H2,1-4H3,(H,23,27)/t13-,14+,18+/m0/s1. The van der Waals surface area contributed by atoms with Gasteiger partial charge in [-0.15, -0.1) is 0 Å². The first-order valence-corrected chi connectivity index (χ1v) is 10.8. The fourth-order valence-corrected chi connectivity index (χ4v) is 5.66. The number of piperidine rings is 1. The highest BCUT2D eigenvalue weighted by molar-refractivity contribution is 9.10. The number of halogens is 1. The lowest BCUT2D eigenvalue weighted by atomic mass is 9.73. The molecule has 2 heterocycles. The summed E-state index contributed by atoms with van der Waals surface area (Å²) in [6.45, 7) is 8.62. The summed E-state index contributed by atoms with van der Waals surface area (Å²) >= 11 is 3.74. The molecule has 2 aromatic rings. The maximum atomic E-state index is 12.6. The van der Waals surface area contributed by atoms with Crippen LogP contribution in [0.1, 0.15) is 42.9 Å². The van der Waals surface area contributed by atoms with Gasteiger partial charge in [-0.2, -0.15) is 0 Å². The van der Waals surface area contributed by atoms with E-state index in [9.17, 15) is 4.79 Å². The van der Waals surface area contributed by atoms with Crippen molar-refractivity contribution in [1.29, 1.82) is 0 Å². The Bertz CT molecular complexity index is 873. The minimum absolute atomic E-state index is 0.0622. The van der Waals surface area contributed by atoms with Crippen LogP contribution in [0.3, 0.4) is 0 Å². The van der Waals surface area contributed by atoms with Crippen LogP contribution in [0.4, 0.5) is 4.79 Å². The summed E-state index contributed by atoms with van der Waals surface area (Å²) in [5.74, 6) is 0.448. The van der Waals surface area contributed by atoms with E-state index in [2.05, 4.69) is 57.2 Å². The van der Waals surface area contributed by atoms with Crippen LogP contribution in [-0.2, 0) is 6.42 Å². The van der Waals surface area contributed by atoms with E-state index < -0.39 is 0 Å². The van der Waals surface area contributed by atoms with E-state index in [4.69, 9.17) is 0 Å². The number of nitrogens with zero attached hydrogens (tertiary/aromatic N) is 2. The molecule has 1 aromatic carbocycles. The third-order valence-electron chi connectivity index (χ3n) is 6.39. The predicted molar refractivity (Wildman–Crippen MR) is 113 cm³/mol. The summed E-state index contributed by atoms with van der Waals surface area (Å²) in [6, 6.07) is 5.32. The molecule has 1 aliphatic carbocycles. The molecule has 5 nitrogen and oxygen atoms in total. The molecule has 0 radical (unpaired) electrons. The lowest BCUT2D eigenvalue weighted by Gasteiger charge is -2.46. The van der Waals surface area contributed by atoms with Gasteiger partial charge in [-0.3, -0.25) is 0 Å². The number of rotatable bonds is 3. The second-order valence-corrected chi connectivity index (χ2v) is 8.86. The number of likely N-dealkylation sites (N-methyl/N-ethyl adjacent to an activating group) is 1. The molecular weight excluding hydrogens is 404 g/mol. The van der Waals surface area contributed by atoms with E-state index in [1.807, 2.05) is 18.7 Å². The highest BCUT2D eigenvalue weighted by Crippen LogP contribution is 2.45. The Morgan fingerprint density at radius 2 is 2.11 bits per heavy atom. The van der Waals surface area contributed by atoms with E-state index in [0.717, 1.165) is 37.1 Å². The number of hydrogen-bond acceptors (Lipinski definition) is 2. The van der Waals surface area contributed by atoms with Gasteiger partial charge in [-0.1, -0.05) is 6.07 Å². The van der Waals surface area contributed by atoms with E-state index in [-0.39, 0.29) is 12.1 Å². The molecule has 2 N–H and O–H groups in total. The summed E-state index contributed by atoms with van der Waals surface area (Å²) in [4.78, 5) is 20.4. The van der Waals surface area contributed by atoms with Crippen molar-refractivity contribution in [2.75, 3.05) is 26.7 Å². The van der Waals surface area contributed by atoms with Crippen LogP contribution in [0.25, 0.3) is 10.9 Å². The number of carbonyl (C=O) groups is 1. The van der Waals surface area contributed by atoms with Gasteiger partial charge in [0.25, 0.3) is 0 Å². The molecule has 0 unspecified atom stereocenters. The van der Waals surface area contributed by atoms with Gasteiger partial charge in [-0.25, -0.2) is 4.79 Å². The van der Waals surface area contributed by atoms with Crippen LogP contribution < -0.4 is 5.32 Å². The van der Waals surface area contributed by atoms with Crippen LogP contribution >= 0.6 is 15.9 Å². The summed E-state index contributed by atoms with van der Waals surface area (Å²) in [7, 11) is 2.20. The highest BCUT2D eigenvalue weighted by atomic mass is 79.9. The van der Waals surface area contributed by atoms with Gasteiger partial charge in [-0.05, 0) is 79.3 Å². The minimum atomic E-state index is 0.0622. The first-order chi connectivity index (χ1) is 12.9. The normalized spacial score (nSPS) is 24.7. The first kappa shape index (κ1) is 18.8. The summed E-state index contributed by atoms with van der Waals surface area (Å²) in [5.41, 5.74) is 5.35. The molecule has 3 atom stereocenters. The SMILES string of the molecule is CCN(CC)C(=O)N[C@H]1C[C@@H]2c3cc(C)cc4[nH]c(Br)c(c34)C[C@H]2N(C)C1. The molecule has 4 rings (SSSR count). The molecule has 1 fully saturated rings. The third-order valence-corrected chi connectivity index (χ3v) is 7.07. The van der Waals surface area contributed by atoms with Gasteiger partial charge in [0.1, 0.15) is 0 Å². The Balaban J connectivity index is 1.66. The zero-order valence-corrected chi connectivity index (χ0v) is 18.2. The molecule has 0 saturated carbocycles. The van der Waals surface area contributed by atoms with E-state index >= 15 is 0 Å². The summed E-state index contributed by atoms with van der Waals surface area (Å²) in [5, 5.41) is 4.68. The number of likely N-dealkylation sites (tertiary alicyclic amines) is 1. The van der Waals surface area contributed by atoms with Gasteiger partial charge >= 0.3 is 6.03 Å². The average Bonchev–Trinajstić information content (AvgIpc) is 2.93. The lowest BCUT2D eigenvalue weighted by molar-refractivity contribution is 0.124. The quantitative estimate of drug-likeness (QED) is 0.769. The Morgan fingerprint density at radius 1 is 1.37 bits per heavy atom. The van der Waals surface area contributed by atoms with Crippen molar-refractivity contribution in [2.24, 2.45) is 0 Å². The molecule has 146 valence electrons. The summed E-state index contributed by atoms with van der Waals surface area (Å²) < 4.78 is 1.12. The summed E-state index contributed by atoms with van der Waals surface area (Å²) in [6.07, 6.45) is 2.05. The zero-order valence-electron chi connectivity index (χ0n) is 16.6. The Labute approximate surface area is 169 Å². The van der Waals surface area contributed by atoms with Crippen LogP contribution in [-0.4, -0.2) is 59.6 Å². The fourth-order valence-electron chi connectivity index (χ4n) is 5.09. The molecule has 1 aromatic heterocycles. The molecule has 1 saturated heterocycles. The Kier molecular flexibility index (Phi) is 4.97. The number of fused-ring (bicyclic) bond motifs is 2. The van der Waals surface area contributed by atoms with E-state index in [0.29, 0.717) is 12.0 Å². The molecule has 2 amide bonds. The molecule has 6 heteroatoms. The number of aromatic amines is 1. The average molecular weight is 433 g/mol. The van der Waals surface area contributed by atoms with Crippen LogP contribution in [0.15, 0.2) is 16.7 Å². The number of aryl methyl sites for hydroxylation is 1. The number of benzene rings is 1. The van der Waals surface area contributed by atoms with Crippen LogP contribution in [0.5, 0.6) is 0 Å². The van der Waals surface area contributed by atoms with Crippen molar-refractivity contribution >= 4 is 32.9 Å². The number of amides is 2. The number of aromatic nitrogens is 1. The number of hydrogen-bond donors (Lipinski definition) is 2. The van der Waals surface area contributed by atoms with Gasteiger partial charge in [0.15, 0.2) is 0 Å². The predicted octanol–water partition coefficient (Wildman–Crippen LogP) is 4.00. The Hall–Kier alpha value is -1.53. The van der Waals surface area contributed by atoms with Crippen molar-refractivity contribution in [3.8, 4) is 0 Å². The fraction of sp³-hybridized carbons (Fsp3) is 0.571. The number of nitrogens with one attached hydrogen (secondary N) is 2. The molecule has 0 bridgehead atoms. The van der Waals surface area contributed by atoms with Crippen molar-refractivity contribution in [1.82, 2.24) is 20.1 Å². The van der Waals surface area contributed by atoms with E-state index in [1.54, 1.807) is 0 Å². The Morgan fingerprint density at radius 3 is 2.81 bits per heavy atom. The number of urea groups is 1. The van der Waals surface area contributed by atoms with Crippen molar-refractivity contribution in [2.45, 2.75) is 51.6 Å². The van der Waals surface area contributed by atoms with Crippen molar-refractivity contribution in [3.05, 3.63) is 33.4 Å². The van der Waals surface area contributed by atoms with Gasteiger partial charge in [0, 0.05) is 48.5 Å². The lowest BCUT2D eigenvalue weighted by Crippen LogP contribution is -2.56.